The normalized spacial score (nSPS) is 25.3. The molecule has 1 aliphatic heterocycles. The molecule has 0 aromatic carbocycles. The summed E-state index contributed by atoms with van der Waals surface area (Å²) in [4.78, 5) is 7.48. The fourth-order valence-corrected chi connectivity index (χ4v) is 6.99. The van der Waals surface area contributed by atoms with Crippen LogP contribution in [0.3, 0.4) is 0 Å². The number of allylic oxidation sites excluding steroid dienone is 9. The van der Waals surface area contributed by atoms with Gasteiger partial charge in [-0.2, -0.15) is 0 Å². The van der Waals surface area contributed by atoms with Crippen LogP contribution in [-0.4, -0.2) is 29.0 Å². The van der Waals surface area contributed by atoms with Crippen LogP contribution >= 0.6 is 0 Å². The third-order valence-corrected chi connectivity index (χ3v) is 8.54. The van der Waals surface area contributed by atoms with Crippen molar-refractivity contribution in [2.45, 2.75) is 92.0 Å². The van der Waals surface area contributed by atoms with E-state index in [2.05, 4.69) is 93.6 Å². The van der Waals surface area contributed by atoms with Gasteiger partial charge in [-0.3, -0.25) is 9.88 Å². The lowest BCUT2D eigenvalue weighted by atomic mass is 9.70. The van der Waals surface area contributed by atoms with Gasteiger partial charge in [0.2, 0.25) is 0 Å². The highest BCUT2D eigenvalue weighted by molar-refractivity contribution is 5.77. The van der Waals surface area contributed by atoms with Crippen molar-refractivity contribution in [2.24, 2.45) is 11.3 Å². The van der Waals surface area contributed by atoms with Crippen molar-refractivity contribution in [3.05, 3.63) is 94.9 Å². The second-order valence-corrected chi connectivity index (χ2v) is 12.4. The molecular formula is C35H48N2. The van der Waals surface area contributed by atoms with Crippen LogP contribution < -0.4 is 0 Å². The minimum Gasteiger partial charge on any atom is -0.300 e. The van der Waals surface area contributed by atoms with Gasteiger partial charge in [-0.05, 0) is 105 Å². The predicted octanol–water partition coefficient (Wildman–Crippen LogP) is 9.26. The van der Waals surface area contributed by atoms with Crippen LogP contribution in [0.25, 0.3) is 5.57 Å². The van der Waals surface area contributed by atoms with Gasteiger partial charge >= 0.3 is 0 Å². The van der Waals surface area contributed by atoms with Crippen LogP contribution in [0.5, 0.6) is 0 Å². The smallest absolute Gasteiger partial charge is 0.0704 e. The summed E-state index contributed by atoms with van der Waals surface area (Å²) in [5.74, 6) is 0.839. The van der Waals surface area contributed by atoms with E-state index in [0.717, 1.165) is 42.5 Å². The van der Waals surface area contributed by atoms with Gasteiger partial charge in [0.25, 0.3) is 0 Å². The first-order valence-electron chi connectivity index (χ1n) is 14.5. The summed E-state index contributed by atoms with van der Waals surface area (Å²) in [6, 6.07) is 6.90. The lowest BCUT2D eigenvalue weighted by Gasteiger charge is -2.44. The van der Waals surface area contributed by atoms with Gasteiger partial charge in [-0.15, -0.1) is 0 Å². The molecule has 0 N–H and O–H groups in total. The third-order valence-electron chi connectivity index (χ3n) is 8.54. The number of pyridine rings is 1. The summed E-state index contributed by atoms with van der Waals surface area (Å²) in [5, 5.41) is 0. The Morgan fingerprint density at radius 1 is 1.19 bits per heavy atom. The Hall–Kier alpha value is -2.45. The Morgan fingerprint density at radius 2 is 2.00 bits per heavy atom. The molecule has 2 heteroatoms. The second kappa shape index (κ2) is 12.4. The molecule has 3 aliphatic rings. The van der Waals surface area contributed by atoms with Crippen molar-refractivity contribution in [3.8, 4) is 0 Å². The Kier molecular flexibility index (Phi) is 9.24. The quantitative estimate of drug-likeness (QED) is 0.350. The molecule has 0 radical (unpaired) electrons. The van der Waals surface area contributed by atoms with Crippen molar-refractivity contribution in [2.75, 3.05) is 13.1 Å². The molecule has 0 amide bonds. The molecule has 2 aliphatic carbocycles. The highest BCUT2D eigenvalue weighted by Gasteiger charge is 2.35. The molecule has 198 valence electrons. The molecule has 0 bridgehead atoms. The first kappa shape index (κ1) is 27.6. The third kappa shape index (κ3) is 7.32. The van der Waals surface area contributed by atoms with Crippen molar-refractivity contribution < 1.29 is 0 Å². The summed E-state index contributed by atoms with van der Waals surface area (Å²) in [5.41, 5.74) is 9.86. The van der Waals surface area contributed by atoms with Crippen LogP contribution in [0.4, 0.5) is 0 Å². The fourth-order valence-electron chi connectivity index (χ4n) is 6.99. The number of rotatable bonds is 7. The standard InChI is InChI=1S/C35H48N2/c1-7-11-33(34-14-8-9-19-36-34)32(26(2)3)16-15-28-12-10-13-29-17-20-37(21-18-30(29)23-28)31-22-27(4)24-35(5,6)25-31/h7-12,14,19,23,27,31H,2,13,15-18,20-22,24-25H2,1,3-6H3/b11-7-,33-32+. The van der Waals surface area contributed by atoms with E-state index in [-0.39, 0.29) is 0 Å². The van der Waals surface area contributed by atoms with Crippen LogP contribution in [0.15, 0.2) is 89.2 Å². The molecule has 2 atom stereocenters. The molecule has 2 nitrogen and oxygen atoms in total. The summed E-state index contributed by atoms with van der Waals surface area (Å²) in [6.07, 6.45) is 23.1. The Bertz CT molecular complexity index is 1110. The molecule has 0 saturated heterocycles. The maximum absolute atomic E-state index is 4.64. The van der Waals surface area contributed by atoms with Gasteiger partial charge in [0.15, 0.2) is 0 Å². The largest absolute Gasteiger partial charge is 0.300 e. The zero-order valence-corrected chi connectivity index (χ0v) is 24.0. The first-order chi connectivity index (χ1) is 17.8. The Morgan fingerprint density at radius 3 is 2.70 bits per heavy atom. The molecular weight excluding hydrogens is 448 g/mol. The lowest BCUT2D eigenvalue weighted by molar-refractivity contribution is 0.0695. The lowest BCUT2D eigenvalue weighted by Crippen LogP contribution is -2.43. The van der Waals surface area contributed by atoms with Crippen LogP contribution in [-0.2, 0) is 0 Å². The number of hydrogen-bond donors (Lipinski definition) is 0. The Labute approximate surface area is 226 Å². The van der Waals surface area contributed by atoms with E-state index in [4.69, 9.17) is 0 Å². The SMILES string of the molecule is C=C(C)/C(CCC1=CC2=C(CC=C1)CCN(C1CC(C)CC(C)(C)C1)CC2)=C(\C=C/C)c1ccccn1. The van der Waals surface area contributed by atoms with E-state index < -0.39 is 0 Å². The summed E-state index contributed by atoms with van der Waals surface area (Å²) in [7, 11) is 0. The topological polar surface area (TPSA) is 16.1 Å². The predicted molar refractivity (Wildman–Crippen MR) is 160 cm³/mol. The molecule has 2 heterocycles. The van der Waals surface area contributed by atoms with Gasteiger partial charge in [0.1, 0.15) is 0 Å². The Balaban J connectivity index is 1.49. The van der Waals surface area contributed by atoms with E-state index in [0.29, 0.717) is 5.41 Å². The van der Waals surface area contributed by atoms with Gasteiger partial charge in [0, 0.05) is 30.9 Å². The number of nitrogens with zero attached hydrogens (tertiary/aromatic N) is 2. The van der Waals surface area contributed by atoms with Crippen LogP contribution in [0, 0.1) is 11.3 Å². The minimum absolute atomic E-state index is 0.477. The zero-order chi connectivity index (χ0) is 26.4. The highest BCUT2D eigenvalue weighted by atomic mass is 15.2. The zero-order valence-electron chi connectivity index (χ0n) is 24.0. The summed E-state index contributed by atoms with van der Waals surface area (Å²) >= 11 is 0. The highest BCUT2D eigenvalue weighted by Crippen LogP contribution is 2.41. The number of aromatic nitrogens is 1. The minimum atomic E-state index is 0.477. The number of hydrogen-bond acceptors (Lipinski definition) is 2. The average Bonchev–Trinajstić information content (AvgIpc) is 3.16. The maximum Gasteiger partial charge on any atom is 0.0704 e. The first-order valence-corrected chi connectivity index (χ1v) is 14.5. The molecule has 1 aromatic heterocycles. The molecule has 4 rings (SSSR count). The van der Waals surface area contributed by atoms with Gasteiger partial charge in [0.05, 0.1) is 5.69 Å². The van der Waals surface area contributed by atoms with Gasteiger partial charge in [-0.25, -0.2) is 0 Å². The van der Waals surface area contributed by atoms with Gasteiger partial charge < -0.3 is 0 Å². The van der Waals surface area contributed by atoms with Crippen molar-refractivity contribution in [3.63, 3.8) is 0 Å². The van der Waals surface area contributed by atoms with E-state index in [1.807, 2.05) is 12.3 Å². The molecule has 37 heavy (non-hydrogen) atoms. The van der Waals surface area contributed by atoms with Crippen LogP contribution in [0.2, 0.25) is 0 Å². The van der Waals surface area contributed by atoms with E-state index in [1.54, 1.807) is 11.1 Å². The van der Waals surface area contributed by atoms with E-state index in [1.165, 1.54) is 61.9 Å². The molecule has 1 fully saturated rings. The van der Waals surface area contributed by atoms with E-state index >= 15 is 0 Å². The van der Waals surface area contributed by atoms with Crippen molar-refractivity contribution >= 4 is 5.57 Å². The van der Waals surface area contributed by atoms with Gasteiger partial charge in [-0.1, -0.05) is 74.9 Å². The molecule has 1 aromatic rings. The van der Waals surface area contributed by atoms with Crippen molar-refractivity contribution in [1.29, 1.82) is 0 Å². The van der Waals surface area contributed by atoms with Crippen LogP contribution in [0.1, 0.15) is 91.7 Å². The maximum atomic E-state index is 4.64. The van der Waals surface area contributed by atoms with E-state index in [9.17, 15) is 0 Å². The second-order valence-electron chi connectivity index (χ2n) is 12.4. The molecule has 1 saturated carbocycles. The summed E-state index contributed by atoms with van der Waals surface area (Å²) < 4.78 is 0. The monoisotopic (exact) mass is 496 g/mol. The molecule has 2 unspecified atom stereocenters. The fraction of sp³-hybridized carbons (Fsp3) is 0.514. The summed E-state index contributed by atoms with van der Waals surface area (Å²) in [6.45, 7) is 18.4. The van der Waals surface area contributed by atoms with Crippen molar-refractivity contribution in [1.82, 2.24) is 9.88 Å². The average molecular weight is 497 g/mol. The molecule has 0 spiro atoms.